The summed E-state index contributed by atoms with van der Waals surface area (Å²) in [5.74, 6) is 2.40. The molecule has 2 aromatic carbocycles. The van der Waals surface area contributed by atoms with Crippen LogP contribution in [0, 0.1) is 0 Å². The maximum Gasteiger partial charge on any atom is 0.161 e. The third-order valence-corrected chi connectivity index (χ3v) is 6.93. The first-order chi connectivity index (χ1) is 14.3. The molecule has 1 aromatic heterocycles. The van der Waals surface area contributed by atoms with Gasteiger partial charge in [-0.1, -0.05) is 45.0 Å². The third-order valence-electron chi connectivity index (χ3n) is 4.72. The Kier molecular flexibility index (Phi) is 7.32. The van der Waals surface area contributed by atoms with Gasteiger partial charge in [-0.3, -0.25) is 4.21 Å². The first kappa shape index (κ1) is 22.5. The second kappa shape index (κ2) is 9.75. The third kappa shape index (κ3) is 5.70. The largest absolute Gasteiger partial charge is 0.493 e. The predicted molar refractivity (Wildman–Crippen MR) is 126 cm³/mol. The standard InChI is InChI=1S/C24H29NO3S2/c1-6-28-21-12-9-18(13-22(21)27-5)23-25-20(14-29-23)16-30(26)15-17-7-10-19(11-8-17)24(2,3)4/h7-14H,6,15-16H2,1-5H3. The molecule has 0 aliphatic carbocycles. The van der Waals surface area contributed by atoms with E-state index in [-0.39, 0.29) is 5.41 Å². The van der Waals surface area contributed by atoms with Crippen LogP contribution >= 0.6 is 11.3 Å². The van der Waals surface area contributed by atoms with Gasteiger partial charge in [0.2, 0.25) is 0 Å². The molecule has 6 heteroatoms. The van der Waals surface area contributed by atoms with E-state index in [9.17, 15) is 4.21 Å². The van der Waals surface area contributed by atoms with Crippen LogP contribution in [0.4, 0.5) is 0 Å². The van der Waals surface area contributed by atoms with Crippen LogP contribution in [0.1, 0.15) is 44.5 Å². The Morgan fingerprint density at radius 1 is 1.03 bits per heavy atom. The highest BCUT2D eigenvalue weighted by Gasteiger charge is 2.14. The maximum absolute atomic E-state index is 12.7. The molecular weight excluding hydrogens is 414 g/mol. The molecule has 0 aliphatic rings. The lowest BCUT2D eigenvalue weighted by atomic mass is 9.87. The lowest BCUT2D eigenvalue weighted by Gasteiger charge is -2.19. The van der Waals surface area contributed by atoms with Gasteiger partial charge in [0.05, 0.1) is 25.2 Å². The van der Waals surface area contributed by atoms with Gasteiger partial charge in [-0.25, -0.2) is 4.98 Å². The molecule has 0 aliphatic heterocycles. The van der Waals surface area contributed by atoms with Crippen LogP contribution in [0.3, 0.4) is 0 Å². The van der Waals surface area contributed by atoms with Gasteiger partial charge in [-0.2, -0.15) is 0 Å². The molecule has 0 spiro atoms. The summed E-state index contributed by atoms with van der Waals surface area (Å²) in [5.41, 5.74) is 4.32. The number of benzene rings is 2. The van der Waals surface area contributed by atoms with E-state index in [2.05, 4.69) is 50.0 Å². The van der Waals surface area contributed by atoms with Crippen molar-refractivity contribution in [3.05, 3.63) is 64.7 Å². The summed E-state index contributed by atoms with van der Waals surface area (Å²) < 4.78 is 23.7. The van der Waals surface area contributed by atoms with E-state index >= 15 is 0 Å². The predicted octanol–water partition coefficient (Wildman–Crippen LogP) is 5.96. The summed E-state index contributed by atoms with van der Waals surface area (Å²) in [4.78, 5) is 4.69. The molecule has 1 unspecified atom stereocenters. The van der Waals surface area contributed by atoms with Gasteiger partial charge in [0.15, 0.2) is 11.5 Å². The highest BCUT2D eigenvalue weighted by Crippen LogP contribution is 2.34. The number of methoxy groups -OCH3 is 1. The quantitative estimate of drug-likeness (QED) is 0.431. The fraction of sp³-hybridized carbons (Fsp3) is 0.375. The topological polar surface area (TPSA) is 48.4 Å². The highest BCUT2D eigenvalue weighted by atomic mass is 32.2. The average Bonchev–Trinajstić information content (AvgIpc) is 3.16. The van der Waals surface area contributed by atoms with Crippen molar-refractivity contribution in [2.45, 2.75) is 44.6 Å². The Morgan fingerprint density at radius 3 is 2.40 bits per heavy atom. The second-order valence-electron chi connectivity index (χ2n) is 8.12. The molecule has 0 saturated carbocycles. The number of nitrogens with zero attached hydrogens (tertiary/aromatic N) is 1. The molecule has 0 amide bonds. The molecule has 0 fully saturated rings. The zero-order valence-electron chi connectivity index (χ0n) is 18.2. The van der Waals surface area contributed by atoms with Crippen LogP contribution in [0.2, 0.25) is 0 Å². The fourth-order valence-electron chi connectivity index (χ4n) is 3.08. The van der Waals surface area contributed by atoms with E-state index in [1.165, 1.54) is 5.56 Å². The molecule has 0 radical (unpaired) electrons. The van der Waals surface area contributed by atoms with E-state index in [0.717, 1.165) is 27.6 Å². The van der Waals surface area contributed by atoms with E-state index in [0.29, 0.717) is 23.9 Å². The van der Waals surface area contributed by atoms with Crippen LogP contribution in [0.15, 0.2) is 47.8 Å². The Labute approximate surface area is 185 Å². The van der Waals surface area contributed by atoms with Crippen molar-refractivity contribution in [3.8, 4) is 22.1 Å². The fourth-order valence-corrected chi connectivity index (χ4v) is 5.15. The van der Waals surface area contributed by atoms with Crippen LogP contribution < -0.4 is 9.47 Å². The lowest BCUT2D eigenvalue weighted by Crippen LogP contribution is -2.10. The second-order valence-corrected chi connectivity index (χ2v) is 10.4. The molecule has 1 atom stereocenters. The van der Waals surface area contributed by atoms with E-state index in [1.54, 1.807) is 18.4 Å². The maximum atomic E-state index is 12.7. The summed E-state index contributed by atoms with van der Waals surface area (Å²) in [5, 5.41) is 2.87. The van der Waals surface area contributed by atoms with Gasteiger partial charge in [-0.05, 0) is 41.7 Å². The Hall–Kier alpha value is -2.18. The first-order valence-electron chi connectivity index (χ1n) is 10.00. The Balaban J connectivity index is 1.66. The minimum atomic E-state index is -1.01. The normalized spacial score (nSPS) is 12.6. The molecular formula is C24H29NO3S2. The van der Waals surface area contributed by atoms with Crippen molar-refractivity contribution >= 4 is 22.1 Å². The van der Waals surface area contributed by atoms with Gasteiger partial charge in [0.25, 0.3) is 0 Å². The summed E-state index contributed by atoms with van der Waals surface area (Å²) in [6.45, 7) is 9.11. The molecule has 0 bridgehead atoms. The molecule has 160 valence electrons. The SMILES string of the molecule is CCOc1ccc(-c2nc(CS(=O)Cc3ccc(C(C)(C)C)cc3)cs2)cc1OC. The summed E-state index contributed by atoms with van der Waals surface area (Å²) >= 11 is 1.55. The number of aromatic nitrogens is 1. The first-order valence-corrected chi connectivity index (χ1v) is 12.4. The van der Waals surface area contributed by atoms with Crippen molar-refractivity contribution in [2.75, 3.05) is 13.7 Å². The summed E-state index contributed by atoms with van der Waals surface area (Å²) in [6.07, 6.45) is 0. The van der Waals surface area contributed by atoms with Crippen LogP contribution in [0.5, 0.6) is 11.5 Å². The van der Waals surface area contributed by atoms with Gasteiger partial charge in [0, 0.05) is 27.5 Å². The number of rotatable bonds is 8. The van der Waals surface area contributed by atoms with Gasteiger partial charge in [0.1, 0.15) is 5.01 Å². The van der Waals surface area contributed by atoms with Crippen molar-refractivity contribution in [1.29, 1.82) is 0 Å². The smallest absolute Gasteiger partial charge is 0.161 e. The summed E-state index contributed by atoms with van der Waals surface area (Å²) in [7, 11) is 0.625. The Bertz CT molecular complexity index is 1000. The molecule has 0 N–H and O–H groups in total. The van der Waals surface area contributed by atoms with Gasteiger partial charge < -0.3 is 9.47 Å². The van der Waals surface area contributed by atoms with Crippen LogP contribution in [0.25, 0.3) is 10.6 Å². The van der Waals surface area contributed by atoms with Crippen molar-refractivity contribution < 1.29 is 13.7 Å². The van der Waals surface area contributed by atoms with Crippen molar-refractivity contribution in [1.82, 2.24) is 4.98 Å². The van der Waals surface area contributed by atoms with Gasteiger partial charge >= 0.3 is 0 Å². The minimum absolute atomic E-state index is 0.123. The summed E-state index contributed by atoms with van der Waals surface area (Å²) in [6, 6.07) is 14.2. The lowest BCUT2D eigenvalue weighted by molar-refractivity contribution is 0.311. The Morgan fingerprint density at radius 2 is 1.77 bits per heavy atom. The number of hydrogen-bond acceptors (Lipinski definition) is 5. The number of thiazole rings is 1. The van der Waals surface area contributed by atoms with Crippen molar-refractivity contribution in [2.24, 2.45) is 0 Å². The van der Waals surface area contributed by atoms with E-state index in [1.807, 2.05) is 30.5 Å². The van der Waals surface area contributed by atoms with Gasteiger partial charge in [-0.15, -0.1) is 11.3 Å². The zero-order valence-corrected chi connectivity index (χ0v) is 19.9. The molecule has 3 aromatic rings. The average molecular weight is 444 g/mol. The minimum Gasteiger partial charge on any atom is -0.493 e. The van der Waals surface area contributed by atoms with E-state index in [4.69, 9.17) is 9.47 Å². The van der Waals surface area contributed by atoms with Crippen molar-refractivity contribution in [3.63, 3.8) is 0 Å². The molecule has 1 heterocycles. The number of hydrogen-bond donors (Lipinski definition) is 0. The zero-order chi connectivity index (χ0) is 21.7. The molecule has 0 saturated heterocycles. The number of ether oxygens (including phenoxy) is 2. The highest BCUT2D eigenvalue weighted by molar-refractivity contribution is 7.83. The molecule has 4 nitrogen and oxygen atoms in total. The molecule has 3 rings (SSSR count). The van der Waals surface area contributed by atoms with Crippen LogP contribution in [-0.4, -0.2) is 22.9 Å². The van der Waals surface area contributed by atoms with Crippen LogP contribution in [-0.2, 0) is 27.7 Å². The monoisotopic (exact) mass is 443 g/mol. The van der Waals surface area contributed by atoms with E-state index < -0.39 is 10.8 Å². The molecule has 30 heavy (non-hydrogen) atoms.